The van der Waals surface area contributed by atoms with Crippen LogP contribution in [0.1, 0.15) is 30.0 Å². The fraction of sp³-hybridized carbons (Fsp3) is 0.417. The third kappa shape index (κ3) is 1.23. The van der Waals surface area contributed by atoms with Crippen LogP contribution in [0.2, 0.25) is 0 Å². The second-order valence-electron chi connectivity index (χ2n) is 4.38. The Hall–Kier alpha value is -1.51. The van der Waals surface area contributed by atoms with Crippen molar-refractivity contribution >= 4 is 11.6 Å². The van der Waals surface area contributed by atoms with E-state index >= 15 is 0 Å². The molecule has 78 valence electrons. The molecule has 0 aliphatic carbocycles. The first-order valence-electron chi connectivity index (χ1n) is 5.47. The number of nitrogens with two attached hydrogens (primary N) is 1. The molecule has 1 unspecified atom stereocenters. The lowest BCUT2D eigenvalue weighted by Crippen LogP contribution is -2.38. The van der Waals surface area contributed by atoms with Gasteiger partial charge in [-0.05, 0) is 31.4 Å². The summed E-state index contributed by atoms with van der Waals surface area (Å²) in [6.07, 6.45) is 2.42. The van der Waals surface area contributed by atoms with Crippen molar-refractivity contribution in [1.82, 2.24) is 4.90 Å². The van der Waals surface area contributed by atoms with Crippen LogP contribution in [0.25, 0.3) is 0 Å². The van der Waals surface area contributed by atoms with Crippen molar-refractivity contribution in [2.75, 3.05) is 6.54 Å². The van der Waals surface area contributed by atoms with E-state index in [4.69, 9.17) is 5.73 Å². The van der Waals surface area contributed by atoms with Crippen LogP contribution in [-0.2, 0) is 0 Å². The maximum absolute atomic E-state index is 5.96. The fourth-order valence-electron chi connectivity index (χ4n) is 2.58. The van der Waals surface area contributed by atoms with Crippen LogP contribution in [0.15, 0.2) is 23.2 Å². The van der Waals surface area contributed by atoms with Gasteiger partial charge in [-0.15, -0.1) is 0 Å². The first-order valence-corrected chi connectivity index (χ1v) is 5.47. The molecule has 1 aromatic rings. The molecule has 2 heterocycles. The third-order valence-corrected chi connectivity index (χ3v) is 3.33. The molecule has 0 amide bonds. The predicted octanol–water partition coefficient (Wildman–Crippen LogP) is 2.09. The predicted molar refractivity (Wildman–Crippen MR) is 61.1 cm³/mol. The van der Waals surface area contributed by atoms with E-state index in [1.165, 1.54) is 24.0 Å². The number of hydrogen-bond donors (Lipinski definition) is 1. The normalized spacial score (nSPS) is 23.4. The number of benzene rings is 1. The molecule has 0 radical (unpaired) electrons. The van der Waals surface area contributed by atoms with Crippen molar-refractivity contribution in [3.8, 4) is 0 Å². The molecule has 2 N–H and O–H groups in total. The van der Waals surface area contributed by atoms with E-state index in [1.54, 1.807) is 0 Å². The molecule has 0 bridgehead atoms. The highest BCUT2D eigenvalue weighted by atomic mass is 15.3. The van der Waals surface area contributed by atoms with Crippen LogP contribution >= 0.6 is 0 Å². The van der Waals surface area contributed by atoms with Gasteiger partial charge < -0.3 is 10.6 Å². The van der Waals surface area contributed by atoms with Gasteiger partial charge in [0.1, 0.15) is 0 Å². The quantitative estimate of drug-likeness (QED) is 0.698. The summed E-state index contributed by atoms with van der Waals surface area (Å²) < 4.78 is 0. The average Bonchev–Trinajstić information content (AvgIpc) is 2.66. The molecule has 3 nitrogen and oxygen atoms in total. The number of hydrogen-bond acceptors (Lipinski definition) is 3. The average molecular weight is 201 g/mol. The highest BCUT2D eigenvalue weighted by molar-refractivity contribution is 5.84. The maximum atomic E-state index is 5.96. The summed E-state index contributed by atoms with van der Waals surface area (Å²) in [6.45, 7) is 3.14. The number of guanidine groups is 1. The smallest absolute Gasteiger partial charge is 0.197 e. The first-order chi connectivity index (χ1) is 7.25. The second-order valence-corrected chi connectivity index (χ2v) is 4.38. The first kappa shape index (κ1) is 8.77. The van der Waals surface area contributed by atoms with Crippen molar-refractivity contribution in [3.63, 3.8) is 0 Å². The summed E-state index contributed by atoms with van der Waals surface area (Å²) in [6, 6.07) is 6.95. The van der Waals surface area contributed by atoms with E-state index in [2.05, 4.69) is 35.0 Å². The Morgan fingerprint density at radius 1 is 1.47 bits per heavy atom. The SMILES string of the molecule is Cc1ccc2c(c1)N=C(N)N1CCCC21. The molecule has 1 fully saturated rings. The van der Waals surface area contributed by atoms with E-state index in [9.17, 15) is 0 Å². The zero-order valence-electron chi connectivity index (χ0n) is 8.90. The Morgan fingerprint density at radius 2 is 2.33 bits per heavy atom. The number of aliphatic imine (C=N–C) groups is 1. The number of nitrogens with zero attached hydrogens (tertiary/aromatic N) is 2. The zero-order chi connectivity index (χ0) is 10.4. The van der Waals surface area contributed by atoms with Crippen molar-refractivity contribution in [1.29, 1.82) is 0 Å². The minimum Gasteiger partial charge on any atom is -0.369 e. The van der Waals surface area contributed by atoms with Crippen LogP contribution in [0, 0.1) is 6.92 Å². The van der Waals surface area contributed by atoms with Crippen LogP contribution in [0.4, 0.5) is 5.69 Å². The molecule has 0 spiro atoms. The van der Waals surface area contributed by atoms with E-state index in [0.29, 0.717) is 12.0 Å². The Balaban J connectivity index is 2.16. The van der Waals surface area contributed by atoms with Gasteiger partial charge >= 0.3 is 0 Å². The molecule has 1 aromatic carbocycles. The van der Waals surface area contributed by atoms with E-state index in [-0.39, 0.29) is 0 Å². The number of rotatable bonds is 0. The Labute approximate surface area is 89.6 Å². The maximum Gasteiger partial charge on any atom is 0.197 e. The topological polar surface area (TPSA) is 41.6 Å². The lowest BCUT2D eigenvalue weighted by atomic mass is 10.00. The highest BCUT2D eigenvalue weighted by Crippen LogP contribution is 2.40. The van der Waals surface area contributed by atoms with Gasteiger partial charge in [0.2, 0.25) is 0 Å². The van der Waals surface area contributed by atoms with Gasteiger partial charge in [-0.1, -0.05) is 12.1 Å². The van der Waals surface area contributed by atoms with Crippen molar-refractivity contribution < 1.29 is 0 Å². The monoisotopic (exact) mass is 201 g/mol. The molecule has 15 heavy (non-hydrogen) atoms. The van der Waals surface area contributed by atoms with Gasteiger partial charge in [0, 0.05) is 12.1 Å². The number of aryl methyl sites for hydroxylation is 1. The van der Waals surface area contributed by atoms with Gasteiger partial charge in [0.25, 0.3) is 0 Å². The molecule has 2 aliphatic rings. The minimum atomic E-state index is 0.470. The fourth-order valence-corrected chi connectivity index (χ4v) is 2.58. The Kier molecular flexibility index (Phi) is 1.75. The lowest BCUT2D eigenvalue weighted by Gasteiger charge is -2.30. The molecule has 0 aromatic heterocycles. The largest absolute Gasteiger partial charge is 0.369 e. The van der Waals surface area contributed by atoms with Gasteiger partial charge in [0.15, 0.2) is 5.96 Å². The summed E-state index contributed by atoms with van der Waals surface area (Å²) in [5.41, 5.74) is 9.61. The van der Waals surface area contributed by atoms with Crippen molar-refractivity contribution in [3.05, 3.63) is 29.3 Å². The van der Waals surface area contributed by atoms with Gasteiger partial charge in [-0.2, -0.15) is 0 Å². The second kappa shape index (κ2) is 2.99. The molecule has 1 atom stereocenters. The standard InChI is InChI=1S/C12H15N3/c1-8-4-5-9-10(7-8)14-12(13)15-6-2-3-11(9)15/h4-5,7,11H,2-3,6H2,1H3,(H2,13,14). The summed E-state index contributed by atoms with van der Waals surface area (Å²) in [7, 11) is 0. The van der Waals surface area contributed by atoms with Crippen LogP contribution in [-0.4, -0.2) is 17.4 Å². The van der Waals surface area contributed by atoms with E-state index in [0.717, 1.165) is 12.2 Å². The van der Waals surface area contributed by atoms with Crippen molar-refractivity contribution in [2.24, 2.45) is 10.7 Å². The number of fused-ring (bicyclic) bond motifs is 3. The van der Waals surface area contributed by atoms with Gasteiger partial charge in [0.05, 0.1) is 11.7 Å². The summed E-state index contributed by atoms with van der Waals surface area (Å²) in [5, 5.41) is 0. The van der Waals surface area contributed by atoms with Gasteiger partial charge in [-0.3, -0.25) is 0 Å². The molecule has 2 aliphatic heterocycles. The molecular weight excluding hydrogens is 186 g/mol. The zero-order valence-corrected chi connectivity index (χ0v) is 8.90. The van der Waals surface area contributed by atoms with Crippen LogP contribution in [0.5, 0.6) is 0 Å². The van der Waals surface area contributed by atoms with E-state index < -0.39 is 0 Å². The summed E-state index contributed by atoms with van der Waals surface area (Å²) in [4.78, 5) is 6.69. The summed E-state index contributed by atoms with van der Waals surface area (Å²) in [5.74, 6) is 0.690. The van der Waals surface area contributed by atoms with Crippen LogP contribution < -0.4 is 5.73 Å². The lowest BCUT2D eigenvalue weighted by molar-refractivity contribution is 0.390. The summed E-state index contributed by atoms with van der Waals surface area (Å²) >= 11 is 0. The Morgan fingerprint density at radius 3 is 3.20 bits per heavy atom. The molecule has 1 saturated heterocycles. The molecule has 3 rings (SSSR count). The van der Waals surface area contributed by atoms with Crippen molar-refractivity contribution in [2.45, 2.75) is 25.8 Å². The molecule has 0 saturated carbocycles. The minimum absolute atomic E-state index is 0.470. The van der Waals surface area contributed by atoms with Gasteiger partial charge in [-0.25, -0.2) is 4.99 Å². The highest BCUT2D eigenvalue weighted by Gasteiger charge is 2.32. The third-order valence-electron chi connectivity index (χ3n) is 3.33. The molecule has 3 heteroatoms. The van der Waals surface area contributed by atoms with Crippen LogP contribution in [0.3, 0.4) is 0 Å². The molecular formula is C12H15N3. The Bertz CT molecular complexity index is 436. The van der Waals surface area contributed by atoms with E-state index in [1.807, 2.05) is 0 Å².